The number of carbonyl (C=O) groups excluding carboxylic acids is 2. The van der Waals surface area contributed by atoms with Gasteiger partial charge in [-0.05, 0) is 63.1 Å². The summed E-state index contributed by atoms with van der Waals surface area (Å²) < 4.78 is 26.2. The lowest BCUT2D eigenvalue weighted by atomic mass is 9.91. The standard InChI is InChI=1S/C22H24F2N2O4/c1-21(2)19(27)26(30-14-16-7-11-18(24)12-8-16)22(3,4)20(28)25(21)29-13-15-5-9-17(23)10-6-15/h5-12H,13-14H2,1-4H3. The Labute approximate surface area is 173 Å². The van der Waals surface area contributed by atoms with Crippen LogP contribution in [0.3, 0.4) is 0 Å². The van der Waals surface area contributed by atoms with E-state index < -0.39 is 22.9 Å². The van der Waals surface area contributed by atoms with E-state index in [2.05, 4.69) is 0 Å². The van der Waals surface area contributed by atoms with Crippen molar-refractivity contribution >= 4 is 11.8 Å². The highest BCUT2D eigenvalue weighted by atomic mass is 19.1. The molecule has 2 aromatic rings. The topological polar surface area (TPSA) is 59.1 Å². The third-order valence-corrected chi connectivity index (χ3v) is 4.98. The summed E-state index contributed by atoms with van der Waals surface area (Å²) in [5, 5.41) is 2.10. The molecule has 2 aromatic carbocycles. The zero-order valence-electron chi connectivity index (χ0n) is 17.3. The molecule has 3 rings (SSSR count). The van der Waals surface area contributed by atoms with Crippen molar-refractivity contribution in [3.05, 3.63) is 71.3 Å². The van der Waals surface area contributed by atoms with Crippen LogP contribution in [0.25, 0.3) is 0 Å². The van der Waals surface area contributed by atoms with E-state index in [0.29, 0.717) is 11.1 Å². The number of hydrogen-bond acceptors (Lipinski definition) is 4. The highest BCUT2D eigenvalue weighted by molar-refractivity contribution is 6.00. The number of nitrogens with zero attached hydrogens (tertiary/aromatic N) is 2. The van der Waals surface area contributed by atoms with Gasteiger partial charge in [-0.2, -0.15) is 0 Å². The number of rotatable bonds is 6. The SMILES string of the molecule is CC1(C)C(=O)N(OCc2ccc(F)cc2)C(C)(C)C(=O)N1OCc1ccc(F)cc1. The molecule has 8 heteroatoms. The number of amides is 2. The van der Waals surface area contributed by atoms with E-state index in [1.165, 1.54) is 24.3 Å². The first-order valence-corrected chi connectivity index (χ1v) is 9.47. The minimum Gasteiger partial charge on any atom is -0.270 e. The minimum absolute atomic E-state index is 0.00472. The van der Waals surface area contributed by atoms with Crippen molar-refractivity contribution in [3.8, 4) is 0 Å². The Bertz CT molecular complexity index is 850. The second-order valence-corrected chi connectivity index (χ2v) is 8.12. The van der Waals surface area contributed by atoms with E-state index >= 15 is 0 Å². The lowest BCUT2D eigenvalue weighted by Crippen LogP contribution is -2.72. The monoisotopic (exact) mass is 418 g/mol. The smallest absolute Gasteiger partial charge is 0.270 e. The highest BCUT2D eigenvalue weighted by Gasteiger charge is 2.57. The molecule has 1 aliphatic heterocycles. The van der Waals surface area contributed by atoms with E-state index in [0.717, 1.165) is 10.1 Å². The molecule has 1 aliphatic rings. The number of hydroxylamine groups is 4. The van der Waals surface area contributed by atoms with Gasteiger partial charge in [0.25, 0.3) is 11.8 Å². The van der Waals surface area contributed by atoms with Crippen molar-refractivity contribution in [3.63, 3.8) is 0 Å². The molecule has 0 atom stereocenters. The zero-order chi connectivity index (χ0) is 22.1. The van der Waals surface area contributed by atoms with Crippen molar-refractivity contribution in [2.45, 2.75) is 52.0 Å². The summed E-state index contributed by atoms with van der Waals surface area (Å²) in [5.41, 5.74) is -1.37. The van der Waals surface area contributed by atoms with Crippen LogP contribution in [-0.2, 0) is 32.5 Å². The van der Waals surface area contributed by atoms with Crippen LogP contribution in [0.1, 0.15) is 38.8 Å². The van der Waals surface area contributed by atoms with Crippen molar-refractivity contribution in [2.24, 2.45) is 0 Å². The Morgan fingerprint density at radius 2 is 0.967 bits per heavy atom. The van der Waals surface area contributed by atoms with Gasteiger partial charge in [-0.25, -0.2) is 18.9 Å². The predicted octanol–water partition coefficient (Wildman–Crippen LogP) is 3.76. The molecular weight excluding hydrogens is 394 g/mol. The highest BCUT2D eigenvalue weighted by Crippen LogP contribution is 2.34. The first-order valence-electron chi connectivity index (χ1n) is 9.47. The van der Waals surface area contributed by atoms with Crippen LogP contribution in [0.5, 0.6) is 0 Å². The molecule has 0 radical (unpaired) electrons. The largest absolute Gasteiger partial charge is 0.275 e. The quantitative estimate of drug-likeness (QED) is 0.717. The summed E-state index contributed by atoms with van der Waals surface area (Å²) in [5.74, 6) is -1.68. The second kappa shape index (κ2) is 8.12. The van der Waals surface area contributed by atoms with Crippen LogP contribution < -0.4 is 0 Å². The van der Waals surface area contributed by atoms with Crippen LogP contribution in [0.4, 0.5) is 8.78 Å². The third-order valence-electron chi connectivity index (χ3n) is 4.98. The molecular formula is C22H24F2N2O4. The van der Waals surface area contributed by atoms with Crippen molar-refractivity contribution < 1.29 is 28.0 Å². The average molecular weight is 418 g/mol. The number of halogens is 2. The summed E-state index contributed by atoms with van der Waals surface area (Å²) in [6, 6.07) is 11.3. The van der Waals surface area contributed by atoms with Gasteiger partial charge < -0.3 is 0 Å². The maximum atomic E-state index is 13.2. The van der Waals surface area contributed by atoms with Gasteiger partial charge in [0.2, 0.25) is 0 Å². The van der Waals surface area contributed by atoms with Crippen LogP contribution in [0.2, 0.25) is 0 Å². The van der Waals surface area contributed by atoms with E-state index in [1.54, 1.807) is 52.0 Å². The molecule has 2 amide bonds. The van der Waals surface area contributed by atoms with Crippen LogP contribution in [0, 0.1) is 11.6 Å². The first kappa shape index (κ1) is 21.9. The zero-order valence-corrected chi connectivity index (χ0v) is 17.3. The summed E-state index contributed by atoms with van der Waals surface area (Å²) in [6.07, 6.45) is 0. The molecule has 0 saturated carbocycles. The maximum absolute atomic E-state index is 13.2. The molecule has 0 N–H and O–H groups in total. The third kappa shape index (κ3) is 4.20. The van der Waals surface area contributed by atoms with Crippen molar-refractivity contribution in [2.75, 3.05) is 0 Å². The summed E-state index contributed by atoms with van der Waals surface area (Å²) >= 11 is 0. The Kier molecular flexibility index (Phi) is 5.92. The van der Waals surface area contributed by atoms with Crippen LogP contribution in [0.15, 0.2) is 48.5 Å². The predicted molar refractivity (Wildman–Crippen MR) is 104 cm³/mol. The Morgan fingerprint density at radius 3 is 1.27 bits per heavy atom. The van der Waals surface area contributed by atoms with Crippen molar-refractivity contribution in [1.82, 2.24) is 10.1 Å². The molecule has 160 valence electrons. The molecule has 0 aromatic heterocycles. The molecule has 0 spiro atoms. The summed E-state index contributed by atoms with van der Waals surface area (Å²) in [4.78, 5) is 37.7. The van der Waals surface area contributed by atoms with Crippen LogP contribution >= 0.6 is 0 Å². The molecule has 0 bridgehead atoms. The summed E-state index contributed by atoms with van der Waals surface area (Å²) in [7, 11) is 0. The molecule has 0 aliphatic carbocycles. The fourth-order valence-corrected chi connectivity index (χ4v) is 3.06. The van der Waals surface area contributed by atoms with Crippen LogP contribution in [-0.4, -0.2) is 33.0 Å². The van der Waals surface area contributed by atoms with Gasteiger partial charge in [-0.3, -0.25) is 19.3 Å². The number of carbonyl (C=O) groups is 2. The minimum atomic E-state index is -1.34. The average Bonchev–Trinajstić information content (AvgIpc) is 2.69. The van der Waals surface area contributed by atoms with E-state index in [-0.39, 0.29) is 24.8 Å². The molecule has 6 nitrogen and oxygen atoms in total. The maximum Gasteiger partial charge on any atom is 0.275 e. The lowest BCUT2D eigenvalue weighted by molar-refractivity contribution is -0.286. The Balaban J connectivity index is 1.76. The number of piperazine rings is 1. The van der Waals surface area contributed by atoms with Crippen molar-refractivity contribution in [1.29, 1.82) is 0 Å². The van der Waals surface area contributed by atoms with Gasteiger partial charge in [0, 0.05) is 0 Å². The Morgan fingerprint density at radius 1 is 0.667 bits per heavy atom. The first-order chi connectivity index (χ1) is 14.0. The van der Waals surface area contributed by atoms with Gasteiger partial charge >= 0.3 is 0 Å². The molecule has 1 fully saturated rings. The normalized spacial score (nSPS) is 18.1. The molecule has 1 heterocycles. The van der Waals surface area contributed by atoms with Gasteiger partial charge in [-0.1, -0.05) is 24.3 Å². The molecule has 30 heavy (non-hydrogen) atoms. The fraction of sp³-hybridized carbons (Fsp3) is 0.364. The van der Waals surface area contributed by atoms with E-state index in [1.807, 2.05) is 0 Å². The number of hydrogen-bond donors (Lipinski definition) is 0. The van der Waals surface area contributed by atoms with Gasteiger partial charge in [-0.15, -0.1) is 0 Å². The molecule has 1 saturated heterocycles. The fourth-order valence-electron chi connectivity index (χ4n) is 3.06. The molecule has 0 unspecified atom stereocenters. The van der Waals surface area contributed by atoms with Gasteiger partial charge in [0.05, 0.1) is 0 Å². The summed E-state index contributed by atoms with van der Waals surface area (Å²) in [6.45, 7) is 6.22. The van der Waals surface area contributed by atoms with E-state index in [4.69, 9.17) is 9.68 Å². The lowest BCUT2D eigenvalue weighted by Gasteiger charge is -2.50. The van der Waals surface area contributed by atoms with E-state index in [9.17, 15) is 18.4 Å². The Hall–Kier alpha value is -2.84. The van der Waals surface area contributed by atoms with Gasteiger partial charge in [0.15, 0.2) is 0 Å². The number of benzene rings is 2. The van der Waals surface area contributed by atoms with Gasteiger partial charge in [0.1, 0.15) is 35.9 Å². The second-order valence-electron chi connectivity index (χ2n) is 8.12.